The minimum absolute atomic E-state index is 0.00206. The molecule has 1 aromatic carbocycles. The maximum atomic E-state index is 9.75. The van der Waals surface area contributed by atoms with E-state index in [4.69, 9.17) is 10.5 Å². The molecule has 1 aliphatic carbocycles. The molecule has 3 N–H and O–H groups in total. The summed E-state index contributed by atoms with van der Waals surface area (Å²) in [6.07, 6.45) is 7.29. The lowest BCUT2D eigenvalue weighted by molar-refractivity contribution is 0.0527. The van der Waals surface area contributed by atoms with Crippen molar-refractivity contribution in [2.24, 2.45) is 11.8 Å². The van der Waals surface area contributed by atoms with Crippen LogP contribution in [0.25, 0.3) is 11.2 Å². The minimum atomic E-state index is 0.00206. The Balaban J connectivity index is 1.54. The van der Waals surface area contributed by atoms with Crippen LogP contribution in [0, 0.1) is 11.8 Å². The van der Waals surface area contributed by atoms with Crippen LogP contribution < -0.4 is 5.73 Å². The highest BCUT2D eigenvalue weighted by Gasteiger charge is 2.33. The number of hydrogen-bond donors (Lipinski definition) is 2. The zero-order chi connectivity index (χ0) is 17.9. The molecule has 4 rings (SSSR count). The number of aliphatic hydroxyl groups is 1. The van der Waals surface area contributed by atoms with Gasteiger partial charge < -0.3 is 20.1 Å². The number of imidazole rings is 1. The molecule has 2 heterocycles. The SMILES string of the molecule is Nc1ncnc2c1ncn2[C@@H]1C=C[C@H](CO)[C@H]1COCc1ccccc1. The number of fused-ring (bicyclic) bond motifs is 1. The van der Waals surface area contributed by atoms with Crippen molar-refractivity contribution in [3.63, 3.8) is 0 Å². The van der Waals surface area contributed by atoms with Gasteiger partial charge in [0.2, 0.25) is 0 Å². The number of anilines is 1. The van der Waals surface area contributed by atoms with Crippen molar-refractivity contribution < 1.29 is 9.84 Å². The molecule has 2 aromatic heterocycles. The molecule has 0 unspecified atom stereocenters. The van der Waals surface area contributed by atoms with Crippen molar-refractivity contribution in [3.8, 4) is 0 Å². The molecule has 0 aliphatic heterocycles. The highest BCUT2D eigenvalue weighted by molar-refractivity contribution is 5.81. The number of hydrogen-bond acceptors (Lipinski definition) is 6. The van der Waals surface area contributed by atoms with Crippen LogP contribution in [0.15, 0.2) is 55.1 Å². The van der Waals surface area contributed by atoms with Crippen molar-refractivity contribution in [2.45, 2.75) is 12.6 Å². The second-order valence-electron chi connectivity index (χ2n) is 6.47. The van der Waals surface area contributed by atoms with Crippen molar-refractivity contribution in [1.29, 1.82) is 0 Å². The van der Waals surface area contributed by atoms with Crippen LogP contribution in [-0.2, 0) is 11.3 Å². The second kappa shape index (κ2) is 7.23. The first kappa shape index (κ1) is 16.7. The van der Waals surface area contributed by atoms with Crippen molar-refractivity contribution in [2.75, 3.05) is 18.9 Å². The summed E-state index contributed by atoms with van der Waals surface area (Å²) in [5.41, 5.74) is 8.31. The van der Waals surface area contributed by atoms with Crippen LogP contribution in [0.3, 0.4) is 0 Å². The number of allylic oxidation sites excluding steroid dienone is 1. The Morgan fingerprint density at radius 3 is 2.77 bits per heavy atom. The first-order valence-corrected chi connectivity index (χ1v) is 8.62. The molecule has 7 nitrogen and oxygen atoms in total. The molecule has 7 heteroatoms. The van der Waals surface area contributed by atoms with Gasteiger partial charge in [-0.1, -0.05) is 42.5 Å². The fraction of sp³-hybridized carbons (Fsp3) is 0.316. The van der Waals surface area contributed by atoms with Crippen LogP contribution in [-0.4, -0.2) is 37.8 Å². The molecule has 0 fully saturated rings. The van der Waals surface area contributed by atoms with Crippen LogP contribution >= 0.6 is 0 Å². The summed E-state index contributed by atoms with van der Waals surface area (Å²) in [6.45, 7) is 1.15. The van der Waals surface area contributed by atoms with Gasteiger partial charge in [-0.05, 0) is 5.56 Å². The Morgan fingerprint density at radius 2 is 1.96 bits per heavy atom. The van der Waals surface area contributed by atoms with Gasteiger partial charge in [-0.3, -0.25) is 0 Å². The summed E-state index contributed by atoms with van der Waals surface area (Å²) in [6, 6.07) is 10.1. The Bertz CT molecular complexity index is 909. The quantitative estimate of drug-likeness (QED) is 0.659. The van der Waals surface area contributed by atoms with Gasteiger partial charge in [-0.2, -0.15) is 0 Å². The summed E-state index contributed by atoms with van der Waals surface area (Å²) in [5.74, 6) is 0.496. The van der Waals surface area contributed by atoms with Crippen molar-refractivity contribution in [1.82, 2.24) is 19.5 Å². The van der Waals surface area contributed by atoms with Gasteiger partial charge in [-0.15, -0.1) is 0 Å². The van der Waals surface area contributed by atoms with E-state index in [1.54, 1.807) is 6.33 Å². The maximum Gasteiger partial charge on any atom is 0.165 e. The third kappa shape index (κ3) is 3.07. The number of ether oxygens (including phenoxy) is 1. The predicted molar refractivity (Wildman–Crippen MR) is 98.1 cm³/mol. The molecule has 0 saturated carbocycles. The molecule has 0 saturated heterocycles. The highest BCUT2D eigenvalue weighted by atomic mass is 16.5. The fourth-order valence-corrected chi connectivity index (χ4v) is 3.49. The van der Waals surface area contributed by atoms with E-state index < -0.39 is 0 Å². The Labute approximate surface area is 151 Å². The van der Waals surface area contributed by atoms with Crippen molar-refractivity contribution >= 4 is 17.0 Å². The first-order chi connectivity index (χ1) is 12.8. The van der Waals surface area contributed by atoms with Gasteiger partial charge in [0.15, 0.2) is 11.5 Å². The van der Waals surface area contributed by atoms with E-state index in [-0.39, 0.29) is 24.5 Å². The topological polar surface area (TPSA) is 99.1 Å². The number of benzene rings is 1. The van der Waals surface area contributed by atoms with E-state index in [0.29, 0.717) is 30.2 Å². The zero-order valence-corrected chi connectivity index (χ0v) is 14.3. The third-order valence-electron chi connectivity index (χ3n) is 4.89. The first-order valence-electron chi connectivity index (χ1n) is 8.62. The molecular formula is C19H21N5O2. The molecular weight excluding hydrogens is 330 g/mol. The number of aromatic nitrogens is 4. The summed E-state index contributed by atoms with van der Waals surface area (Å²) in [7, 11) is 0. The lowest BCUT2D eigenvalue weighted by Gasteiger charge is -2.25. The molecule has 0 amide bonds. The van der Waals surface area contributed by atoms with Crippen LogP contribution in [0.5, 0.6) is 0 Å². The van der Waals surface area contributed by atoms with E-state index in [1.807, 2.05) is 41.0 Å². The molecule has 0 radical (unpaired) electrons. The highest BCUT2D eigenvalue weighted by Crippen LogP contribution is 2.36. The normalized spacial score (nSPS) is 22.3. The Kier molecular flexibility index (Phi) is 4.64. The van der Waals surface area contributed by atoms with Gasteiger partial charge in [0.25, 0.3) is 0 Å². The summed E-state index contributed by atoms with van der Waals surface area (Å²) in [5, 5.41) is 9.75. The van der Waals surface area contributed by atoms with Gasteiger partial charge in [0.1, 0.15) is 11.8 Å². The monoisotopic (exact) mass is 351 g/mol. The summed E-state index contributed by atoms with van der Waals surface area (Å²) in [4.78, 5) is 12.7. The van der Waals surface area contributed by atoms with Crippen LogP contribution in [0.4, 0.5) is 5.82 Å². The van der Waals surface area contributed by atoms with Gasteiger partial charge in [0, 0.05) is 18.4 Å². The summed E-state index contributed by atoms with van der Waals surface area (Å²) >= 11 is 0. The molecule has 0 spiro atoms. The van der Waals surface area contributed by atoms with E-state index >= 15 is 0 Å². The molecule has 0 bridgehead atoms. The Morgan fingerprint density at radius 1 is 1.12 bits per heavy atom. The lowest BCUT2D eigenvalue weighted by atomic mass is 9.93. The fourth-order valence-electron chi connectivity index (χ4n) is 3.49. The second-order valence-corrected chi connectivity index (χ2v) is 6.47. The molecule has 3 aromatic rings. The minimum Gasteiger partial charge on any atom is -0.396 e. The number of aliphatic hydroxyl groups excluding tert-OH is 1. The molecule has 134 valence electrons. The van der Waals surface area contributed by atoms with Gasteiger partial charge >= 0.3 is 0 Å². The van der Waals surface area contributed by atoms with Crippen LogP contribution in [0.2, 0.25) is 0 Å². The zero-order valence-electron chi connectivity index (χ0n) is 14.3. The lowest BCUT2D eigenvalue weighted by Crippen LogP contribution is -2.26. The average molecular weight is 351 g/mol. The van der Waals surface area contributed by atoms with E-state index in [2.05, 4.69) is 21.0 Å². The number of nitrogens with two attached hydrogens (primary N) is 1. The predicted octanol–water partition coefficient (Wildman–Crippen LogP) is 1.96. The Hall–Kier alpha value is -2.77. The maximum absolute atomic E-state index is 9.75. The largest absolute Gasteiger partial charge is 0.396 e. The van der Waals surface area contributed by atoms with Crippen molar-refractivity contribution in [3.05, 3.63) is 60.7 Å². The third-order valence-corrected chi connectivity index (χ3v) is 4.89. The van der Waals surface area contributed by atoms with E-state index in [9.17, 15) is 5.11 Å². The number of nitrogens with zero attached hydrogens (tertiary/aromatic N) is 4. The number of rotatable bonds is 6. The number of nitrogen functional groups attached to an aromatic ring is 1. The standard InChI is InChI=1S/C19H21N5O2/c20-18-17-19(22-11-21-18)24(12-23-17)16-7-6-14(8-25)15(16)10-26-9-13-4-2-1-3-5-13/h1-7,11-12,14-16,25H,8-10H2,(H2,20,21,22)/t14-,15-,16-/m1/s1. The smallest absolute Gasteiger partial charge is 0.165 e. The summed E-state index contributed by atoms with van der Waals surface area (Å²) < 4.78 is 7.94. The van der Waals surface area contributed by atoms with E-state index in [0.717, 1.165) is 5.56 Å². The molecule has 3 atom stereocenters. The van der Waals surface area contributed by atoms with E-state index in [1.165, 1.54) is 6.33 Å². The van der Waals surface area contributed by atoms with Crippen LogP contribution in [0.1, 0.15) is 11.6 Å². The molecule has 1 aliphatic rings. The molecule has 26 heavy (non-hydrogen) atoms. The average Bonchev–Trinajstić information content (AvgIpc) is 3.27. The van der Waals surface area contributed by atoms with Gasteiger partial charge in [-0.25, -0.2) is 15.0 Å². The van der Waals surface area contributed by atoms with Gasteiger partial charge in [0.05, 0.1) is 25.6 Å².